The summed E-state index contributed by atoms with van der Waals surface area (Å²) in [6, 6.07) is 14.5. The molecule has 128 valence electrons. The molecule has 0 atom stereocenters. The van der Waals surface area contributed by atoms with Crippen molar-refractivity contribution in [1.82, 2.24) is 9.97 Å². The number of hydrogen-bond acceptors (Lipinski definition) is 4. The first-order chi connectivity index (χ1) is 12.0. The summed E-state index contributed by atoms with van der Waals surface area (Å²) in [6.45, 7) is 6.60. The molecule has 0 aliphatic heterocycles. The van der Waals surface area contributed by atoms with Crippen molar-refractivity contribution in [2.45, 2.75) is 27.3 Å². The molecule has 4 nitrogen and oxygen atoms in total. The van der Waals surface area contributed by atoms with Crippen LogP contribution in [0.15, 0.2) is 48.5 Å². The third-order valence-electron chi connectivity index (χ3n) is 3.88. The zero-order valence-electron chi connectivity index (χ0n) is 14.6. The molecule has 25 heavy (non-hydrogen) atoms. The molecule has 0 saturated heterocycles. The molecule has 1 aromatic heterocycles. The van der Waals surface area contributed by atoms with Crippen molar-refractivity contribution in [2.75, 3.05) is 10.6 Å². The molecule has 0 aliphatic rings. The van der Waals surface area contributed by atoms with Gasteiger partial charge in [-0.15, -0.1) is 0 Å². The van der Waals surface area contributed by atoms with Crippen molar-refractivity contribution < 1.29 is 4.39 Å². The third kappa shape index (κ3) is 4.53. The van der Waals surface area contributed by atoms with Crippen molar-refractivity contribution in [3.8, 4) is 0 Å². The lowest BCUT2D eigenvalue weighted by Crippen LogP contribution is -2.06. The summed E-state index contributed by atoms with van der Waals surface area (Å²) in [5, 5.41) is 6.55. The second-order valence-electron chi connectivity index (χ2n) is 6.14. The Balaban J connectivity index is 1.75. The van der Waals surface area contributed by atoms with Crippen LogP contribution in [0, 0.1) is 26.6 Å². The van der Waals surface area contributed by atoms with E-state index in [0.717, 1.165) is 28.3 Å². The fourth-order valence-corrected chi connectivity index (χ4v) is 2.50. The van der Waals surface area contributed by atoms with Gasteiger partial charge in [-0.1, -0.05) is 24.3 Å². The standard InChI is InChI=1S/C20H21FN4/c1-13-4-5-14(2)18(10-13)24-20-23-15(3)11-19(25-20)22-12-16-6-8-17(21)9-7-16/h4-11H,12H2,1-3H3,(H2,22,23,24,25). The van der Waals surface area contributed by atoms with E-state index in [0.29, 0.717) is 12.5 Å². The molecule has 0 saturated carbocycles. The maximum absolute atomic E-state index is 13.0. The first kappa shape index (κ1) is 16.9. The van der Waals surface area contributed by atoms with Crippen LogP contribution in [0.4, 0.5) is 21.8 Å². The van der Waals surface area contributed by atoms with Gasteiger partial charge in [-0.25, -0.2) is 9.37 Å². The molecule has 2 aromatic carbocycles. The van der Waals surface area contributed by atoms with Crippen molar-refractivity contribution in [2.24, 2.45) is 0 Å². The average Bonchev–Trinajstić information content (AvgIpc) is 2.57. The summed E-state index contributed by atoms with van der Waals surface area (Å²) in [6.07, 6.45) is 0. The van der Waals surface area contributed by atoms with E-state index in [-0.39, 0.29) is 5.82 Å². The van der Waals surface area contributed by atoms with Crippen molar-refractivity contribution in [3.05, 3.63) is 76.7 Å². The van der Waals surface area contributed by atoms with Gasteiger partial charge in [0.2, 0.25) is 5.95 Å². The Labute approximate surface area is 147 Å². The van der Waals surface area contributed by atoms with E-state index in [1.54, 1.807) is 12.1 Å². The Bertz CT molecular complexity index is 875. The van der Waals surface area contributed by atoms with E-state index in [9.17, 15) is 4.39 Å². The highest BCUT2D eigenvalue weighted by Gasteiger charge is 2.05. The van der Waals surface area contributed by atoms with Crippen molar-refractivity contribution >= 4 is 17.5 Å². The van der Waals surface area contributed by atoms with Crippen LogP contribution in [0.5, 0.6) is 0 Å². The highest BCUT2D eigenvalue weighted by atomic mass is 19.1. The Hall–Kier alpha value is -2.95. The normalized spacial score (nSPS) is 10.6. The monoisotopic (exact) mass is 336 g/mol. The van der Waals surface area contributed by atoms with Gasteiger partial charge in [0.1, 0.15) is 11.6 Å². The predicted octanol–water partition coefficient (Wildman–Crippen LogP) is 4.90. The lowest BCUT2D eigenvalue weighted by molar-refractivity contribution is 0.627. The maximum Gasteiger partial charge on any atom is 0.229 e. The third-order valence-corrected chi connectivity index (χ3v) is 3.88. The molecule has 0 aliphatic carbocycles. The Kier molecular flexibility index (Phi) is 4.93. The van der Waals surface area contributed by atoms with Crippen LogP contribution in [0.25, 0.3) is 0 Å². The minimum Gasteiger partial charge on any atom is -0.366 e. The van der Waals surface area contributed by atoms with Gasteiger partial charge in [0.25, 0.3) is 0 Å². The van der Waals surface area contributed by atoms with E-state index in [2.05, 4.69) is 45.7 Å². The van der Waals surface area contributed by atoms with Crippen LogP contribution in [0.1, 0.15) is 22.4 Å². The fraction of sp³-hybridized carbons (Fsp3) is 0.200. The van der Waals surface area contributed by atoms with E-state index in [1.807, 2.05) is 19.9 Å². The van der Waals surface area contributed by atoms with E-state index < -0.39 is 0 Å². The minimum atomic E-state index is -0.235. The Morgan fingerprint density at radius 3 is 2.44 bits per heavy atom. The van der Waals surface area contributed by atoms with Crippen molar-refractivity contribution in [1.29, 1.82) is 0 Å². The van der Waals surface area contributed by atoms with Crippen LogP contribution in [-0.2, 0) is 6.54 Å². The first-order valence-electron chi connectivity index (χ1n) is 8.18. The van der Waals surface area contributed by atoms with Gasteiger partial charge >= 0.3 is 0 Å². The van der Waals surface area contributed by atoms with E-state index in [4.69, 9.17) is 0 Å². The minimum absolute atomic E-state index is 0.235. The smallest absolute Gasteiger partial charge is 0.229 e. The summed E-state index contributed by atoms with van der Waals surface area (Å²) >= 11 is 0. The number of rotatable bonds is 5. The molecule has 0 radical (unpaired) electrons. The predicted molar refractivity (Wildman–Crippen MR) is 99.7 cm³/mol. The summed E-state index contributed by atoms with van der Waals surface area (Å²) in [7, 11) is 0. The van der Waals surface area contributed by atoms with Crippen LogP contribution >= 0.6 is 0 Å². The van der Waals surface area contributed by atoms with Gasteiger partial charge in [0.05, 0.1) is 0 Å². The molecule has 2 N–H and O–H groups in total. The maximum atomic E-state index is 13.0. The van der Waals surface area contributed by atoms with Crippen LogP contribution in [0.2, 0.25) is 0 Å². The van der Waals surface area contributed by atoms with Crippen LogP contribution < -0.4 is 10.6 Å². The average molecular weight is 336 g/mol. The van der Waals surface area contributed by atoms with E-state index in [1.165, 1.54) is 17.7 Å². The Morgan fingerprint density at radius 2 is 1.68 bits per heavy atom. The number of hydrogen-bond donors (Lipinski definition) is 2. The molecule has 0 spiro atoms. The SMILES string of the molecule is Cc1ccc(C)c(Nc2nc(C)cc(NCc3ccc(F)cc3)n2)c1. The summed E-state index contributed by atoms with van der Waals surface area (Å²) in [4.78, 5) is 8.98. The zero-order valence-corrected chi connectivity index (χ0v) is 14.6. The number of benzene rings is 2. The first-order valence-corrected chi connectivity index (χ1v) is 8.18. The number of halogens is 1. The number of anilines is 3. The van der Waals surface area contributed by atoms with E-state index >= 15 is 0 Å². The quantitative estimate of drug-likeness (QED) is 0.696. The summed E-state index contributed by atoms with van der Waals surface area (Å²) in [5.41, 5.74) is 5.16. The van der Waals surface area contributed by atoms with Gasteiger partial charge in [-0.2, -0.15) is 4.98 Å². The number of nitrogens with zero attached hydrogens (tertiary/aromatic N) is 2. The summed E-state index contributed by atoms with van der Waals surface area (Å²) in [5.74, 6) is 1.04. The highest BCUT2D eigenvalue weighted by molar-refractivity contribution is 5.60. The lowest BCUT2D eigenvalue weighted by Gasteiger charge is -2.12. The van der Waals surface area contributed by atoms with Gasteiger partial charge < -0.3 is 10.6 Å². The van der Waals surface area contributed by atoms with Crippen LogP contribution in [0.3, 0.4) is 0 Å². The molecule has 0 unspecified atom stereocenters. The number of aromatic nitrogens is 2. The number of aryl methyl sites for hydroxylation is 3. The largest absolute Gasteiger partial charge is 0.366 e. The molecule has 5 heteroatoms. The molecular formula is C20H21FN4. The fourth-order valence-electron chi connectivity index (χ4n) is 2.50. The molecule has 3 aromatic rings. The van der Waals surface area contributed by atoms with Gasteiger partial charge in [-0.3, -0.25) is 0 Å². The van der Waals surface area contributed by atoms with Crippen molar-refractivity contribution in [3.63, 3.8) is 0 Å². The van der Waals surface area contributed by atoms with Gasteiger partial charge in [0, 0.05) is 24.0 Å². The van der Waals surface area contributed by atoms with Gasteiger partial charge in [0.15, 0.2) is 0 Å². The summed E-state index contributed by atoms with van der Waals surface area (Å²) < 4.78 is 13.0. The molecule has 0 bridgehead atoms. The number of nitrogens with one attached hydrogen (secondary N) is 2. The topological polar surface area (TPSA) is 49.8 Å². The van der Waals surface area contributed by atoms with Crippen LogP contribution in [-0.4, -0.2) is 9.97 Å². The molecule has 1 heterocycles. The molecule has 0 amide bonds. The molecule has 0 fully saturated rings. The highest BCUT2D eigenvalue weighted by Crippen LogP contribution is 2.21. The molecular weight excluding hydrogens is 315 g/mol. The van der Waals surface area contributed by atoms with Gasteiger partial charge in [-0.05, 0) is 55.7 Å². The molecule has 3 rings (SSSR count). The second kappa shape index (κ2) is 7.30. The lowest BCUT2D eigenvalue weighted by atomic mass is 10.1. The Morgan fingerprint density at radius 1 is 0.920 bits per heavy atom. The zero-order chi connectivity index (χ0) is 17.8. The second-order valence-corrected chi connectivity index (χ2v) is 6.14.